The summed E-state index contributed by atoms with van der Waals surface area (Å²) in [6.45, 7) is 4.87. The van der Waals surface area contributed by atoms with Gasteiger partial charge in [-0.25, -0.2) is 4.79 Å². The van der Waals surface area contributed by atoms with Crippen LogP contribution in [-0.2, 0) is 25.5 Å². The van der Waals surface area contributed by atoms with E-state index in [4.69, 9.17) is 14.2 Å². The third-order valence-electron chi connectivity index (χ3n) is 5.04. The van der Waals surface area contributed by atoms with Crippen molar-refractivity contribution in [2.24, 2.45) is 10.2 Å². The molecule has 0 saturated heterocycles. The van der Waals surface area contributed by atoms with Crippen LogP contribution in [0.25, 0.3) is 0 Å². The molecule has 37 heavy (non-hydrogen) atoms. The highest BCUT2D eigenvalue weighted by Gasteiger charge is 2.17. The number of carbonyl (C=O) groups is 3. The summed E-state index contributed by atoms with van der Waals surface area (Å²) in [4.78, 5) is 36.3. The van der Waals surface area contributed by atoms with Crippen LogP contribution in [0, 0.1) is 0 Å². The Morgan fingerprint density at radius 3 is 2.35 bits per heavy atom. The van der Waals surface area contributed by atoms with Gasteiger partial charge in [-0.3, -0.25) is 9.59 Å². The molecule has 0 aliphatic heterocycles. The summed E-state index contributed by atoms with van der Waals surface area (Å²) >= 11 is 0. The molecule has 0 fully saturated rings. The van der Waals surface area contributed by atoms with Gasteiger partial charge in [0.2, 0.25) is 0 Å². The van der Waals surface area contributed by atoms with E-state index in [1.807, 2.05) is 0 Å². The number of aromatic hydroxyl groups is 1. The van der Waals surface area contributed by atoms with Crippen LogP contribution in [0.15, 0.2) is 89.1 Å². The van der Waals surface area contributed by atoms with Crippen LogP contribution in [0.4, 0.5) is 11.4 Å². The Balaban J connectivity index is 1.70. The molecule has 3 rings (SSSR count). The van der Waals surface area contributed by atoms with Gasteiger partial charge < -0.3 is 19.3 Å². The molecular formula is C28H26N2O7. The van der Waals surface area contributed by atoms with Crippen molar-refractivity contribution in [1.82, 2.24) is 0 Å². The Morgan fingerprint density at radius 2 is 1.65 bits per heavy atom. The molecule has 0 aliphatic rings. The van der Waals surface area contributed by atoms with E-state index in [1.54, 1.807) is 54.6 Å². The summed E-state index contributed by atoms with van der Waals surface area (Å²) in [5, 5.41) is 18.8. The molecule has 9 nitrogen and oxygen atoms in total. The maximum absolute atomic E-state index is 12.9. The Labute approximate surface area is 214 Å². The van der Waals surface area contributed by atoms with Gasteiger partial charge in [-0.2, -0.15) is 5.11 Å². The maximum atomic E-state index is 12.9. The van der Waals surface area contributed by atoms with Crippen LogP contribution in [-0.4, -0.2) is 43.2 Å². The molecule has 9 heteroatoms. The average molecular weight is 503 g/mol. The topological polar surface area (TPSA) is 124 Å². The Bertz CT molecular complexity index is 1330. The summed E-state index contributed by atoms with van der Waals surface area (Å²) in [6.07, 6.45) is -0.0178. The number of ether oxygens (including phenoxy) is 3. The first-order valence-corrected chi connectivity index (χ1v) is 11.3. The highest BCUT2D eigenvalue weighted by molar-refractivity contribution is 6.11. The maximum Gasteiger partial charge on any atom is 0.333 e. The molecular weight excluding hydrogens is 476 g/mol. The van der Waals surface area contributed by atoms with Gasteiger partial charge >= 0.3 is 11.9 Å². The zero-order valence-electron chi connectivity index (χ0n) is 20.5. The number of phenols is 1. The van der Waals surface area contributed by atoms with Gasteiger partial charge in [0.05, 0.1) is 24.8 Å². The number of nitrogens with zero attached hydrogens (tertiary/aromatic N) is 2. The van der Waals surface area contributed by atoms with Gasteiger partial charge in [0, 0.05) is 17.2 Å². The molecule has 1 N–H and O–H groups in total. The number of hydrogen-bond acceptors (Lipinski definition) is 9. The fraction of sp³-hybridized carbons (Fsp3) is 0.179. The van der Waals surface area contributed by atoms with Crippen molar-refractivity contribution >= 4 is 29.1 Å². The van der Waals surface area contributed by atoms with Crippen molar-refractivity contribution in [1.29, 1.82) is 0 Å². The van der Waals surface area contributed by atoms with Crippen LogP contribution in [0.1, 0.15) is 28.4 Å². The Kier molecular flexibility index (Phi) is 9.26. The monoisotopic (exact) mass is 502 g/mol. The number of carbonyl (C=O) groups excluding carboxylic acids is 3. The summed E-state index contributed by atoms with van der Waals surface area (Å²) in [6, 6.07) is 18.1. The predicted molar refractivity (Wildman–Crippen MR) is 136 cm³/mol. The number of azo groups is 1. The largest absolute Gasteiger partial charge is 0.507 e. The second kappa shape index (κ2) is 12.8. The fourth-order valence-electron chi connectivity index (χ4n) is 3.20. The zero-order valence-corrected chi connectivity index (χ0v) is 20.5. The number of hydrogen-bond donors (Lipinski definition) is 1. The zero-order chi connectivity index (χ0) is 26.8. The molecule has 0 aliphatic carbocycles. The lowest BCUT2D eigenvalue weighted by molar-refractivity contribution is -0.149. The first-order chi connectivity index (χ1) is 17.8. The minimum absolute atomic E-state index is 0.0178. The standard InChI is InChI=1S/C28H26N2O7/c1-18(2)28(34)37-13-12-36-26(32)15-19-8-7-11-21(14-19)29-30-23-16-22(24(31)17-25(23)35-3)27(33)20-9-5-4-6-10-20/h4-11,14,16-17,31H,1,12-13,15H2,2-3H3. The molecule has 0 spiro atoms. The van der Waals surface area contributed by atoms with Crippen molar-refractivity contribution < 1.29 is 33.7 Å². The summed E-state index contributed by atoms with van der Waals surface area (Å²) in [5.74, 6) is -1.41. The molecule has 190 valence electrons. The first kappa shape index (κ1) is 26.8. The number of rotatable bonds is 11. The summed E-state index contributed by atoms with van der Waals surface area (Å²) in [5.41, 5.74) is 2.07. The molecule has 0 radical (unpaired) electrons. The summed E-state index contributed by atoms with van der Waals surface area (Å²) in [7, 11) is 1.41. The molecule has 0 amide bonds. The summed E-state index contributed by atoms with van der Waals surface area (Å²) < 4.78 is 15.3. The number of ketones is 1. The SMILES string of the molecule is C=C(C)C(=O)OCCOC(=O)Cc1cccc(N=Nc2cc(C(=O)c3ccccc3)c(O)cc2OC)c1. The van der Waals surface area contributed by atoms with Crippen molar-refractivity contribution in [2.45, 2.75) is 13.3 Å². The number of phenolic OH excluding ortho intramolecular Hbond substituents is 1. The van der Waals surface area contributed by atoms with Crippen molar-refractivity contribution in [2.75, 3.05) is 20.3 Å². The molecule has 0 saturated carbocycles. The third-order valence-corrected chi connectivity index (χ3v) is 5.04. The normalized spacial score (nSPS) is 10.6. The van der Waals surface area contributed by atoms with E-state index in [-0.39, 0.29) is 53.7 Å². The lowest BCUT2D eigenvalue weighted by atomic mass is 10.0. The van der Waals surface area contributed by atoms with Crippen molar-refractivity contribution in [3.05, 3.63) is 95.6 Å². The van der Waals surface area contributed by atoms with Crippen LogP contribution < -0.4 is 4.74 Å². The smallest absolute Gasteiger partial charge is 0.333 e. The van der Waals surface area contributed by atoms with Crippen LogP contribution in [0.5, 0.6) is 11.5 Å². The van der Waals surface area contributed by atoms with E-state index in [0.29, 0.717) is 16.8 Å². The van der Waals surface area contributed by atoms with Crippen molar-refractivity contribution in [3.8, 4) is 11.5 Å². The van der Waals surface area contributed by atoms with Gasteiger partial charge in [-0.15, -0.1) is 5.11 Å². The lowest BCUT2D eigenvalue weighted by Crippen LogP contribution is -2.15. The minimum Gasteiger partial charge on any atom is -0.507 e. The predicted octanol–water partition coefficient (Wildman–Crippen LogP) is 5.25. The Hall–Kier alpha value is -4.79. The van der Waals surface area contributed by atoms with Crippen LogP contribution in [0.3, 0.4) is 0 Å². The second-order valence-electron chi connectivity index (χ2n) is 7.92. The highest BCUT2D eigenvalue weighted by atomic mass is 16.6. The first-order valence-electron chi connectivity index (χ1n) is 11.3. The molecule has 3 aromatic carbocycles. The van der Waals surface area contributed by atoms with E-state index in [9.17, 15) is 19.5 Å². The van der Waals surface area contributed by atoms with Gasteiger partial charge in [0.1, 0.15) is 30.4 Å². The van der Waals surface area contributed by atoms with E-state index in [0.717, 1.165) is 0 Å². The second-order valence-corrected chi connectivity index (χ2v) is 7.92. The van der Waals surface area contributed by atoms with Gasteiger partial charge in [0.15, 0.2) is 5.78 Å². The number of methoxy groups -OCH3 is 1. The molecule has 0 heterocycles. The van der Waals surface area contributed by atoms with E-state index in [1.165, 1.54) is 26.2 Å². The quantitative estimate of drug-likeness (QED) is 0.125. The minimum atomic E-state index is -0.545. The van der Waals surface area contributed by atoms with Gasteiger partial charge in [0.25, 0.3) is 0 Å². The lowest BCUT2D eigenvalue weighted by Gasteiger charge is -2.09. The molecule has 3 aromatic rings. The molecule has 0 bridgehead atoms. The number of benzene rings is 3. The van der Waals surface area contributed by atoms with Crippen molar-refractivity contribution in [3.63, 3.8) is 0 Å². The Morgan fingerprint density at radius 1 is 0.919 bits per heavy atom. The van der Waals surface area contributed by atoms with E-state index >= 15 is 0 Å². The van der Waals surface area contributed by atoms with Crippen LogP contribution >= 0.6 is 0 Å². The van der Waals surface area contributed by atoms with Gasteiger partial charge in [-0.1, -0.05) is 49.0 Å². The van der Waals surface area contributed by atoms with Crippen LogP contribution in [0.2, 0.25) is 0 Å². The third kappa shape index (κ3) is 7.60. The molecule has 0 aromatic heterocycles. The molecule has 0 unspecified atom stereocenters. The fourth-order valence-corrected chi connectivity index (χ4v) is 3.20. The van der Waals surface area contributed by atoms with E-state index in [2.05, 4.69) is 16.8 Å². The van der Waals surface area contributed by atoms with E-state index < -0.39 is 11.9 Å². The number of esters is 2. The molecule has 0 atom stereocenters. The highest BCUT2D eigenvalue weighted by Crippen LogP contribution is 2.36. The van der Waals surface area contributed by atoms with Gasteiger partial charge in [-0.05, 0) is 30.7 Å². The average Bonchev–Trinajstić information content (AvgIpc) is 2.90.